The number of hydrogen-bond acceptors (Lipinski definition) is 5. The molecule has 3 heterocycles. The zero-order valence-electron chi connectivity index (χ0n) is 17.2. The van der Waals surface area contributed by atoms with Gasteiger partial charge < -0.3 is 19.2 Å². The number of nitrogens with zero attached hydrogens (tertiary/aromatic N) is 3. The van der Waals surface area contributed by atoms with Crippen molar-refractivity contribution in [2.24, 2.45) is 0 Å². The molecule has 6 nitrogen and oxygen atoms in total. The summed E-state index contributed by atoms with van der Waals surface area (Å²) < 4.78 is 7.69. The molecular weight excluding hydrogens is 400 g/mol. The lowest BCUT2D eigenvalue weighted by Gasteiger charge is -2.26. The SMILES string of the molecule is CC(=O)CCCNc1ccc2nc(-c3ccc(Cl)cc3)c(CN3CCOCC3)n2c1. The third-order valence-corrected chi connectivity index (χ3v) is 5.60. The molecule has 1 aromatic carbocycles. The summed E-state index contributed by atoms with van der Waals surface area (Å²) in [5.74, 6) is 0.224. The van der Waals surface area contributed by atoms with Crippen molar-refractivity contribution in [3.8, 4) is 11.3 Å². The van der Waals surface area contributed by atoms with E-state index in [0.29, 0.717) is 11.4 Å². The van der Waals surface area contributed by atoms with Gasteiger partial charge in [-0.2, -0.15) is 0 Å². The van der Waals surface area contributed by atoms with E-state index in [9.17, 15) is 4.79 Å². The van der Waals surface area contributed by atoms with Crippen LogP contribution >= 0.6 is 11.6 Å². The van der Waals surface area contributed by atoms with E-state index in [1.165, 1.54) is 0 Å². The van der Waals surface area contributed by atoms with Gasteiger partial charge in [-0.3, -0.25) is 4.90 Å². The van der Waals surface area contributed by atoms with E-state index in [4.69, 9.17) is 21.3 Å². The number of carbonyl (C=O) groups excluding carboxylic acids is 1. The molecule has 1 saturated heterocycles. The van der Waals surface area contributed by atoms with Gasteiger partial charge in [-0.1, -0.05) is 23.7 Å². The maximum Gasteiger partial charge on any atom is 0.137 e. The second-order valence-electron chi connectivity index (χ2n) is 7.68. The fraction of sp³-hybridized carbons (Fsp3) is 0.391. The van der Waals surface area contributed by atoms with Gasteiger partial charge in [0.2, 0.25) is 0 Å². The summed E-state index contributed by atoms with van der Waals surface area (Å²) in [6, 6.07) is 11.9. The highest BCUT2D eigenvalue weighted by molar-refractivity contribution is 6.30. The van der Waals surface area contributed by atoms with Gasteiger partial charge in [0, 0.05) is 49.4 Å². The van der Waals surface area contributed by atoms with E-state index in [-0.39, 0.29) is 5.78 Å². The Bertz CT molecular complexity index is 1010. The van der Waals surface area contributed by atoms with Crippen LogP contribution in [0.3, 0.4) is 0 Å². The standard InChI is InChI=1S/C23H27ClN4O2/c1-17(29)3-2-10-25-20-8-9-22-26-23(18-4-6-19(24)7-5-18)21(28(22)15-20)16-27-11-13-30-14-12-27/h4-9,15,25H,2-3,10-14,16H2,1H3. The smallest absolute Gasteiger partial charge is 0.137 e. The number of anilines is 1. The third-order valence-electron chi connectivity index (χ3n) is 5.35. The van der Waals surface area contributed by atoms with Gasteiger partial charge in [0.25, 0.3) is 0 Å². The van der Waals surface area contributed by atoms with E-state index in [0.717, 1.165) is 74.1 Å². The van der Waals surface area contributed by atoms with E-state index >= 15 is 0 Å². The molecule has 158 valence electrons. The minimum absolute atomic E-state index is 0.224. The molecule has 30 heavy (non-hydrogen) atoms. The molecule has 1 fully saturated rings. The molecule has 0 bridgehead atoms. The van der Waals surface area contributed by atoms with Crippen LogP contribution in [0.2, 0.25) is 5.02 Å². The Hall–Kier alpha value is -2.41. The number of halogens is 1. The number of morpholine rings is 1. The number of aromatic nitrogens is 2. The maximum absolute atomic E-state index is 11.2. The van der Waals surface area contributed by atoms with Crippen LogP contribution in [0, 0.1) is 0 Å². The maximum atomic E-state index is 11.2. The lowest BCUT2D eigenvalue weighted by molar-refractivity contribution is -0.117. The molecule has 1 N–H and O–H groups in total. The van der Waals surface area contributed by atoms with Gasteiger partial charge in [0.05, 0.1) is 30.3 Å². The summed E-state index contributed by atoms with van der Waals surface area (Å²) in [5.41, 5.74) is 5.13. The number of imidazole rings is 1. The largest absolute Gasteiger partial charge is 0.384 e. The molecule has 0 amide bonds. The fourth-order valence-corrected chi connectivity index (χ4v) is 3.86. The zero-order chi connectivity index (χ0) is 20.9. The first-order valence-electron chi connectivity index (χ1n) is 10.4. The normalized spacial score (nSPS) is 14.9. The van der Waals surface area contributed by atoms with Crippen LogP contribution in [0.25, 0.3) is 16.9 Å². The first kappa shape index (κ1) is 20.8. The van der Waals surface area contributed by atoms with Gasteiger partial charge in [-0.05, 0) is 37.6 Å². The molecule has 1 aliphatic rings. The molecule has 0 saturated carbocycles. The molecule has 0 radical (unpaired) electrons. The summed E-state index contributed by atoms with van der Waals surface area (Å²) in [5, 5.41) is 4.14. The summed E-state index contributed by atoms with van der Waals surface area (Å²) in [7, 11) is 0. The monoisotopic (exact) mass is 426 g/mol. The first-order chi connectivity index (χ1) is 14.6. The molecule has 3 aromatic rings. The van der Waals surface area contributed by atoms with Crippen molar-refractivity contribution in [1.29, 1.82) is 0 Å². The van der Waals surface area contributed by atoms with E-state index in [1.54, 1.807) is 6.92 Å². The number of fused-ring (bicyclic) bond motifs is 1. The summed E-state index contributed by atoms with van der Waals surface area (Å²) in [6.07, 6.45) is 3.53. The Balaban J connectivity index is 1.65. The number of benzene rings is 1. The molecule has 1 aliphatic heterocycles. The minimum Gasteiger partial charge on any atom is -0.384 e. The topological polar surface area (TPSA) is 58.9 Å². The Labute approximate surface area is 181 Å². The van der Waals surface area contributed by atoms with Crippen molar-refractivity contribution in [1.82, 2.24) is 14.3 Å². The van der Waals surface area contributed by atoms with E-state index in [2.05, 4.69) is 20.8 Å². The van der Waals surface area contributed by atoms with Gasteiger partial charge in [-0.25, -0.2) is 4.98 Å². The number of ketones is 1. The lowest BCUT2D eigenvalue weighted by atomic mass is 10.1. The van der Waals surface area contributed by atoms with Crippen molar-refractivity contribution < 1.29 is 9.53 Å². The predicted octanol–water partition coefficient (Wildman–Crippen LogP) is 4.27. The van der Waals surface area contributed by atoms with Crippen molar-refractivity contribution in [2.45, 2.75) is 26.3 Å². The van der Waals surface area contributed by atoms with Gasteiger partial charge >= 0.3 is 0 Å². The fourth-order valence-electron chi connectivity index (χ4n) is 3.73. The van der Waals surface area contributed by atoms with Crippen molar-refractivity contribution in [3.05, 3.63) is 53.3 Å². The number of carbonyl (C=O) groups is 1. The predicted molar refractivity (Wildman–Crippen MR) is 120 cm³/mol. The minimum atomic E-state index is 0.224. The second kappa shape index (κ2) is 9.60. The van der Waals surface area contributed by atoms with Crippen molar-refractivity contribution >= 4 is 28.7 Å². The molecular formula is C23H27ClN4O2. The lowest BCUT2D eigenvalue weighted by Crippen LogP contribution is -2.36. The third kappa shape index (κ3) is 5.01. The molecule has 0 spiro atoms. The molecule has 4 rings (SSSR count). The number of pyridine rings is 1. The quantitative estimate of drug-likeness (QED) is 0.545. The summed E-state index contributed by atoms with van der Waals surface area (Å²) >= 11 is 6.10. The first-order valence-corrected chi connectivity index (χ1v) is 10.8. The molecule has 2 aromatic heterocycles. The number of ether oxygens (including phenoxy) is 1. The second-order valence-corrected chi connectivity index (χ2v) is 8.12. The molecule has 7 heteroatoms. The van der Waals surface area contributed by atoms with Gasteiger partial charge in [0.15, 0.2) is 0 Å². The van der Waals surface area contributed by atoms with E-state index < -0.39 is 0 Å². The highest BCUT2D eigenvalue weighted by Gasteiger charge is 2.19. The average molecular weight is 427 g/mol. The Kier molecular flexibility index (Phi) is 6.67. The van der Waals surface area contributed by atoms with Crippen LogP contribution in [0.1, 0.15) is 25.5 Å². The Morgan fingerprint density at radius 2 is 1.93 bits per heavy atom. The summed E-state index contributed by atoms with van der Waals surface area (Å²) in [4.78, 5) is 18.5. The van der Waals surface area contributed by atoms with Gasteiger partial charge in [0.1, 0.15) is 11.4 Å². The number of rotatable bonds is 8. The van der Waals surface area contributed by atoms with Crippen molar-refractivity contribution in [2.75, 3.05) is 38.2 Å². The van der Waals surface area contributed by atoms with Crippen LogP contribution in [0.4, 0.5) is 5.69 Å². The highest BCUT2D eigenvalue weighted by atomic mass is 35.5. The average Bonchev–Trinajstić information content (AvgIpc) is 3.10. The van der Waals surface area contributed by atoms with Crippen LogP contribution < -0.4 is 5.32 Å². The highest BCUT2D eigenvalue weighted by Crippen LogP contribution is 2.28. The van der Waals surface area contributed by atoms with Crippen LogP contribution in [0.5, 0.6) is 0 Å². The number of Topliss-reactive ketones (excluding diaryl/α,β-unsaturated/α-hetero) is 1. The van der Waals surface area contributed by atoms with E-state index in [1.807, 2.05) is 36.4 Å². The van der Waals surface area contributed by atoms with Crippen molar-refractivity contribution in [3.63, 3.8) is 0 Å². The Morgan fingerprint density at radius 1 is 1.17 bits per heavy atom. The Morgan fingerprint density at radius 3 is 2.67 bits per heavy atom. The van der Waals surface area contributed by atoms with Crippen LogP contribution in [-0.2, 0) is 16.1 Å². The van der Waals surface area contributed by atoms with Gasteiger partial charge in [-0.15, -0.1) is 0 Å². The summed E-state index contributed by atoms with van der Waals surface area (Å²) in [6.45, 7) is 6.55. The van der Waals surface area contributed by atoms with Crippen LogP contribution in [-0.4, -0.2) is 52.9 Å². The van der Waals surface area contributed by atoms with Crippen LogP contribution in [0.15, 0.2) is 42.6 Å². The number of hydrogen-bond donors (Lipinski definition) is 1. The molecule has 0 aliphatic carbocycles. The molecule has 0 atom stereocenters. The zero-order valence-corrected chi connectivity index (χ0v) is 18.0. The molecule has 0 unspecified atom stereocenters. The number of nitrogens with one attached hydrogen (secondary N) is 1.